The van der Waals surface area contributed by atoms with Crippen LogP contribution in [0.4, 0.5) is 0 Å². The van der Waals surface area contributed by atoms with Crippen LogP contribution in [0.25, 0.3) is 0 Å². The highest BCUT2D eigenvalue weighted by Crippen LogP contribution is 2.07. The van der Waals surface area contributed by atoms with Gasteiger partial charge in [0, 0.05) is 18.7 Å². The Labute approximate surface area is 139 Å². The van der Waals surface area contributed by atoms with E-state index in [-0.39, 0.29) is 0 Å². The van der Waals surface area contributed by atoms with Crippen molar-refractivity contribution in [1.82, 2.24) is 35.0 Å². The summed E-state index contributed by atoms with van der Waals surface area (Å²) in [6.07, 6.45) is 5.49. The Hall–Kier alpha value is -2.22. The fourth-order valence-corrected chi connectivity index (χ4v) is 2.69. The van der Waals surface area contributed by atoms with E-state index in [0.29, 0.717) is 6.54 Å². The number of nitrogens with zero attached hydrogens (tertiary/aromatic N) is 7. The molecule has 23 heavy (non-hydrogen) atoms. The predicted octanol–water partition coefficient (Wildman–Crippen LogP) is 1.46. The largest absolute Gasteiger partial charge is 0.248 e. The highest BCUT2D eigenvalue weighted by Gasteiger charge is 2.11. The molecule has 120 valence electrons. The molecule has 0 aliphatic heterocycles. The first-order valence-corrected chi connectivity index (χ1v) is 8.91. The van der Waals surface area contributed by atoms with Gasteiger partial charge in [-0.3, -0.25) is 0 Å². The zero-order valence-electron chi connectivity index (χ0n) is 13.0. The van der Waals surface area contributed by atoms with Crippen LogP contribution in [0.1, 0.15) is 17.2 Å². The summed E-state index contributed by atoms with van der Waals surface area (Å²) in [7, 11) is 0. The molecule has 7 nitrogen and oxygen atoms in total. The van der Waals surface area contributed by atoms with Crippen LogP contribution in [-0.4, -0.2) is 47.0 Å². The number of benzene rings is 1. The van der Waals surface area contributed by atoms with Crippen molar-refractivity contribution in [2.75, 3.05) is 12.0 Å². The molecule has 0 bridgehead atoms. The summed E-state index contributed by atoms with van der Waals surface area (Å²) in [6, 6.07) is 10.4. The molecule has 0 saturated heterocycles. The van der Waals surface area contributed by atoms with Crippen molar-refractivity contribution < 1.29 is 0 Å². The lowest BCUT2D eigenvalue weighted by molar-refractivity contribution is 0.537. The predicted molar refractivity (Wildman–Crippen MR) is 89.2 cm³/mol. The Balaban J connectivity index is 1.74. The molecule has 2 aromatic heterocycles. The maximum atomic E-state index is 4.66. The van der Waals surface area contributed by atoms with Gasteiger partial charge in [-0.1, -0.05) is 30.3 Å². The van der Waals surface area contributed by atoms with Crippen LogP contribution in [-0.2, 0) is 25.9 Å². The Morgan fingerprint density at radius 2 is 2.00 bits per heavy atom. The van der Waals surface area contributed by atoms with E-state index in [1.54, 1.807) is 22.8 Å². The summed E-state index contributed by atoms with van der Waals surface area (Å²) in [6.45, 7) is 1.34. The van der Waals surface area contributed by atoms with Gasteiger partial charge in [0.2, 0.25) is 0 Å². The Kier molecular flexibility index (Phi) is 5.36. The van der Waals surface area contributed by atoms with Gasteiger partial charge >= 0.3 is 0 Å². The van der Waals surface area contributed by atoms with Crippen molar-refractivity contribution in [3.63, 3.8) is 0 Å². The maximum absolute atomic E-state index is 4.66. The first-order valence-electron chi connectivity index (χ1n) is 7.51. The Morgan fingerprint density at radius 1 is 1.13 bits per heavy atom. The number of rotatable bonds is 8. The Bertz CT molecular complexity index is 709. The molecule has 8 heteroatoms. The summed E-state index contributed by atoms with van der Waals surface area (Å²) in [5, 5.41) is 15.9. The van der Waals surface area contributed by atoms with Gasteiger partial charge in [-0.15, -0.1) is 5.10 Å². The van der Waals surface area contributed by atoms with E-state index < -0.39 is 0 Å². The highest BCUT2D eigenvalue weighted by atomic mass is 32.2. The fourth-order valence-electron chi connectivity index (χ4n) is 2.30. The van der Waals surface area contributed by atoms with Gasteiger partial charge in [0.1, 0.15) is 18.7 Å². The van der Waals surface area contributed by atoms with Crippen molar-refractivity contribution in [2.24, 2.45) is 0 Å². The second kappa shape index (κ2) is 7.87. The van der Waals surface area contributed by atoms with Crippen molar-refractivity contribution in [2.45, 2.75) is 25.9 Å². The molecule has 0 atom stereocenters. The molecule has 0 fully saturated rings. The normalized spacial score (nSPS) is 11.0. The average Bonchev–Trinajstić information content (AvgIpc) is 3.22. The number of aryl methyl sites for hydroxylation is 3. The van der Waals surface area contributed by atoms with Gasteiger partial charge in [0.25, 0.3) is 0 Å². The standard InChI is InChI=1S/C15H19N7S/c1-23-10-8-14-17-15(11-21-12-16-19-20-21)22(18-14)9-7-13-5-3-2-4-6-13/h2-6,12H,7-11H2,1H3. The van der Waals surface area contributed by atoms with Crippen molar-refractivity contribution in [1.29, 1.82) is 0 Å². The van der Waals surface area contributed by atoms with Crippen LogP contribution in [0.2, 0.25) is 0 Å². The minimum atomic E-state index is 0.536. The van der Waals surface area contributed by atoms with Crippen LogP contribution in [0.5, 0.6) is 0 Å². The fraction of sp³-hybridized carbons (Fsp3) is 0.400. The molecule has 0 saturated carbocycles. The first kappa shape index (κ1) is 15.7. The zero-order chi connectivity index (χ0) is 15.9. The number of tetrazole rings is 1. The van der Waals surface area contributed by atoms with Crippen LogP contribution < -0.4 is 0 Å². The van der Waals surface area contributed by atoms with Gasteiger partial charge in [0.05, 0.1) is 0 Å². The topological polar surface area (TPSA) is 74.3 Å². The molecule has 1 aromatic carbocycles. The van der Waals surface area contributed by atoms with Crippen LogP contribution in [0.15, 0.2) is 36.7 Å². The monoisotopic (exact) mass is 329 g/mol. The SMILES string of the molecule is CSCCc1nc(Cn2cnnn2)n(CCc2ccccc2)n1. The highest BCUT2D eigenvalue weighted by molar-refractivity contribution is 7.98. The molecule has 0 spiro atoms. The van der Waals surface area contributed by atoms with Gasteiger partial charge in [-0.2, -0.15) is 16.9 Å². The second-order valence-corrected chi connectivity index (χ2v) is 6.14. The molecule has 3 rings (SSSR count). The van der Waals surface area contributed by atoms with Gasteiger partial charge < -0.3 is 0 Å². The summed E-state index contributed by atoms with van der Waals surface area (Å²) < 4.78 is 3.64. The van der Waals surface area contributed by atoms with Gasteiger partial charge in [-0.05, 0) is 28.7 Å². The van der Waals surface area contributed by atoms with Crippen LogP contribution >= 0.6 is 11.8 Å². The third kappa shape index (κ3) is 4.38. The van der Waals surface area contributed by atoms with Crippen LogP contribution in [0.3, 0.4) is 0 Å². The smallest absolute Gasteiger partial charge is 0.151 e. The van der Waals surface area contributed by atoms with E-state index in [9.17, 15) is 0 Å². The molecule has 0 radical (unpaired) electrons. The molecule has 0 N–H and O–H groups in total. The third-order valence-corrected chi connectivity index (χ3v) is 4.08. The van der Waals surface area contributed by atoms with E-state index in [0.717, 1.165) is 36.8 Å². The maximum Gasteiger partial charge on any atom is 0.151 e. The van der Waals surface area contributed by atoms with E-state index in [2.05, 4.69) is 56.1 Å². The van der Waals surface area contributed by atoms with Gasteiger partial charge in [-0.25, -0.2) is 14.3 Å². The van der Waals surface area contributed by atoms with Crippen LogP contribution in [0, 0.1) is 0 Å². The molecule has 0 amide bonds. The number of thioether (sulfide) groups is 1. The summed E-state index contributed by atoms with van der Waals surface area (Å²) in [5.41, 5.74) is 1.29. The lowest BCUT2D eigenvalue weighted by Crippen LogP contribution is -2.12. The molecule has 0 unspecified atom stereocenters. The molecule has 3 aromatic rings. The lowest BCUT2D eigenvalue weighted by atomic mass is 10.1. The van der Waals surface area contributed by atoms with Gasteiger partial charge in [0.15, 0.2) is 5.82 Å². The van der Waals surface area contributed by atoms with E-state index >= 15 is 0 Å². The lowest BCUT2D eigenvalue weighted by Gasteiger charge is -2.05. The summed E-state index contributed by atoms with van der Waals surface area (Å²) >= 11 is 1.80. The number of hydrogen-bond donors (Lipinski definition) is 0. The van der Waals surface area contributed by atoms with Crippen molar-refractivity contribution in [3.05, 3.63) is 53.9 Å². The van der Waals surface area contributed by atoms with E-state index in [1.807, 2.05) is 10.7 Å². The average molecular weight is 329 g/mol. The molecule has 0 aliphatic rings. The summed E-state index contributed by atoms with van der Waals surface area (Å²) in [5.74, 6) is 2.80. The molecule has 0 aliphatic carbocycles. The quantitative estimate of drug-likeness (QED) is 0.623. The number of aromatic nitrogens is 7. The molecular formula is C15H19N7S. The van der Waals surface area contributed by atoms with E-state index in [1.165, 1.54) is 5.56 Å². The minimum absolute atomic E-state index is 0.536. The molecule has 2 heterocycles. The third-order valence-electron chi connectivity index (χ3n) is 3.47. The number of hydrogen-bond acceptors (Lipinski definition) is 6. The minimum Gasteiger partial charge on any atom is -0.248 e. The van der Waals surface area contributed by atoms with E-state index in [4.69, 9.17) is 0 Å². The zero-order valence-corrected chi connectivity index (χ0v) is 13.9. The van der Waals surface area contributed by atoms with Crippen molar-refractivity contribution >= 4 is 11.8 Å². The molecular weight excluding hydrogens is 310 g/mol. The Morgan fingerprint density at radius 3 is 2.74 bits per heavy atom. The van der Waals surface area contributed by atoms with Crippen molar-refractivity contribution in [3.8, 4) is 0 Å². The first-order chi connectivity index (χ1) is 11.3. The second-order valence-electron chi connectivity index (χ2n) is 5.15. The summed E-state index contributed by atoms with van der Waals surface area (Å²) in [4.78, 5) is 4.66.